The quantitative estimate of drug-likeness (QED) is 0.847. The molecule has 5 nitrogen and oxygen atoms in total. The molecule has 3 aliphatic carbocycles. The highest BCUT2D eigenvalue weighted by Crippen LogP contribution is 2.65. The van der Waals surface area contributed by atoms with Crippen LogP contribution in [0.4, 0.5) is 0 Å². The molecule has 6 rings (SSSR count). The summed E-state index contributed by atoms with van der Waals surface area (Å²) in [6.07, 6.45) is 6.41. The summed E-state index contributed by atoms with van der Waals surface area (Å²) in [5, 5.41) is 15.8. The summed E-state index contributed by atoms with van der Waals surface area (Å²) in [5.74, 6) is 2.56. The molecule has 27 heavy (non-hydrogen) atoms. The van der Waals surface area contributed by atoms with Gasteiger partial charge in [-0.05, 0) is 69.7 Å². The molecule has 0 amide bonds. The van der Waals surface area contributed by atoms with E-state index in [2.05, 4.69) is 22.3 Å². The van der Waals surface area contributed by atoms with Crippen molar-refractivity contribution in [3.63, 3.8) is 0 Å². The summed E-state index contributed by atoms with van der Waals surface area (Å²) in [6.45, 7) is 2.22. The highest BCUT2D eigenvalue weighted by Gasteiger charge is 2.72. The first-order chi connectivity index (χ1) is 13.1. The first kappa shape index (κ1) is 16.6. The molecule has 5 heteroatoms. The van der Waals surface area contributed by atoms with Crippen molar-refractivity contribution in [3.05, 3.63) is 23.3 Å². The second-order valence-electron chi connectivity index (χ2n) is 9.41. The van der Waals surface area contributed by atoms with E-state index in [0.29, 0.717) is 0 Å². The summed E-state index contributed by atoms with van der Waals surface area (Å²) in [4.78, 5) is 2.62. The average Bonchev–Trinajstić information content (AvgIpc) is 3.41. The Balaban J connectivity index is 1.55. The van der Waals surface area contributed by atoms with E-state index in [-0.39, 0.29) is 23.6 Å². The van der Waals surface area contributed by atoms with E-state index in [9.17, 15) is 5.11 Å². The van der Waals surface area contributed by atoms with Crippen LogP contribution in [-0.4, -0.2) is 61.0 Å². The maximum absolute atomic E-state index is 12.3. The second-order valence-corrected chi connectivity index (χ2v) is 9.41. The predicted octanol–water partition coefficient (Wildman–Crippen LogP) is 1.85. The lowest BCUT2D eigenvalue weighted by Gasteiger charge is -2.64. The van der Waals surface area contributed by atoms with Gasteiger partial charge in [-0.2, -0.15) is 0 Å². The molecule has 0 radical (unpaired) electrons. The molecular formula is C22H30N2O3. The summed E-state index contributed by atoms with van der Waals surface area (Å²) in [5.41, 5.74) is 1.61. The largest absolute Gasteiger partial charge is 0.493 e. The van der Waals surface area contributed by atoms with Crippen molar-refractivity contribution in [2.75, 3.05) is 27.2 Å². The van der Waals surface area contributed by atoms with Crippen molar-refractivity contribution in [3.8, 4) is 11.5 Å². The molecule has 1 aromatic carbocycles. The lowest BCUT2D eigenvalue weighted by molar-refractivity contribution is -0.191. The van der Waals surface area contributed by atoms with Crippen LogP contribution in [0.25, 0.3) is 0 Å². The Morgan fingerprint density at radius 1 is 1.30 bits per heavy atom. The van der Waals surface area contributed by atoms with Crippen molar-refractivity contribution in [1.29, 1.82) is 0 Å². The number of rotatable bonds is 4. The zero-order valence-corrected chi connectivity index (χ0v) is 16.3. The van der Waals surface area contributed by atoms with Crippen LogP contribution in [0.1, 0.15) is 43.2 Å². The zero-order valence-electron chi connectivity index (χ0n) is 16.3. The first-order valence-corrected chi connectivity index (χ1v) is 10.6. The monoisotopic (exact) mass is 370 g/mol. The van der Waals surface area contributed by atoms with Gasteiger partial charge in [0.15, 0.2) is 11.5 Å². The molecular weight excluding hydrogens is 340 g/mol. The zero-order chi connectivity index (χ0) is 18.4. The van der Waals surface area contributed by atoms with Gasteiger partial charge in [-0.1, -0.05) is 6.07 Å². The number of piperidine rings is 1. The maximum atomic E-state index is 12.3. The van der Waals surface area contributed by atoms with Crippen LogP contribution in [0.5, 0.6) is 11.5 Å². The number of nitrogens with one attached hydrogen (secondary N) is 1. The summed E-state index contributed by atoms with van der Waals surface area (Å²) in [6, 6.07) is 4.76. The fourth-order valence-corrected chi connectivity index (χ4v) is 6.93. The number of methoxy groups -OCH3 is 1. The molecule has 3 unspecified atom stereocenters. The highest BCUT2D eigenvalue weighted by molar-refractivity contribution is 5.63. The fraction of sp³-hybridized carbons (Fsp3) is 0.727. The Hall–Kier alpha value is -1.30. The van der Waals surface area contributed by atoms with Gasteiger partial charge in [0.2, 0.25) is 0 Å². The maximum Gasteiger partial charge on any atom is 0.165 e. The molecule has 5 aliphatic rings. The molecule has 0 aromatic heterocycles. The smallest absolute Gasteiger partial charge is 0.165 e. The number of likely N-dealkylation sites (tertiary alicyclic amines) is 1. The van der Waals surface area contributed by atoms with E-state index in [1.165, 1.54) is 24.0 Å². The van der Waals surface area contributed by atoms with Crippen molar-refractivity contribution < 1.29 is 14.6 Å². The third-order valence-electron chi connectivity index (χ3n) is 8.34. The van der Waals surface area contributed by atoms with Gasteiger partial charge in [0.05, 0.1) is 18.1 Å². The molecule has 146 valence electrons. The molecule has 5 atom stereocenters. The number of hydrogen-bond acceptors (Lipinski definition) is 5. The molecule has 1 saturated heterocycles. The van der Waals surface area contributed by atoms with Crippen LogP contribution in [0, 0.1) is 5.92 Å². The van der Waals surface area contributed by atoms with Gasteiger partial charge in [0.25, 0.3) is 0 Å². The van der Waals surface area contributed by atoms with Crippen molar-refractivity contribution in [2.24, 2.45) is 5.92 Å². The highest BCUT2D eigenvalue weighted by atomic mass is 16.5. The number of aliphatic hydroxyl groups is 1. The van der Waals surface area contributed by atoms with Crippen LogP contribution in [-0.2, 0) is 11.8 Å². The minimum absolute atomic E-state index is 0.0165. The van der Waals surface area contributed by atoms with E-state index in [4.69, 9.17) is 9.47 Å². The molecule has 1 spiro atoms. The predicted molar refractivity (Wildman–Crippen MR) is 103 cm³/mol. The summed E-state index contributed by atoms with van der Waals surface area (Å²) in [7, 11) is 3.74. The van der Waals surface area contributed by atoms with E-state index in [0.717, 1.165) is 56.2 Å². The molecule has 3 fully saturated rings. The number of nitrogens with zero attached hydrogens (tertiary/aromatic N) is 1. The number of ether oxygens (including phenoxy) is 2. The summed E-state index contributed by atoms with van der Waals surface area (Å²) < 4.78 is 12.3. The van der Waals surface area contributed by atoms with Crippen molar-refractivity contribution >= 4 is 0 Å². The normalized spacial score (nSPS) is 41.8. The fourth-order valence-electron chi connectivity index (χ4n) is 6.93. The molecule has 2 bridgehead atoms. The van der Waals surface area contributed by atoms with Crippen LogP contribution in [0.2, 0.25) is 0 Å². The van der Waals surface area contributed by atoms with Gasteiger partial charge in [-0.3, -0.25) is 4.90 Å². The minimum atomic E-state index is -0.706. The SMILES string of the molecule is CNC1CCC2(O)[C@@H]3Cc4ccc(OC)c5c4[C@@]2(CCN3CC2CC2)C1O5. The topological polar surface area (TPSA) is 54.0 Å². The van der Waals surface area contributed by atoms with Gasteiger partial charge < -0.3 is 19.9 Å². The van der Waals surface area contributed by atoms with Crippen molar-refractivity contribution in [1.82, 2.24) is 10.2 Å². The van der Waals surface area contributed by atoms with Gasteiger partial charge in [-0.15, -0.1) is 0 Å². The van der Waals surface area contributed by atoms with E-state index in [1.54, 1.807) is 7.11 Å². The van der Waals surface area contributed by atoms with E-state index < -0.39 is 5.60 Å². The lowest BCUT2D eigenvalue weighted by Crippen LogP contribution is -2.78. The molecule has 1 aromatic rings. The molecule has 2 heterocycles. The lowest BCUT2D eigenvalue weighted by atomic mass is 9.48. The molecule has 2 N–H and O–H groups in total. The van der Waals surface area contributed by atoms with Crippen LogP contribution in [0.3, 0.4) is 0 Å². The van der Waals surface area contributed by atoms with Crippen LogP contribution in [0.15, 0.2) is 12.1 Å². The van der Waals surface area contributed by atoms with E-state index in [1.807, 2.05) is 7.05 Å². The third kappa shape index (κ3) is 1.91. The Kier molecular flexibility index (Phi) is 3.33. The number of benzene rings is 1. The molecule has 2 aliphatic heterocycles. The Labute approximate surface area is 161 Å². The van der Waals surface area contributed by atoms with Gasteiger partial charge in [0.1, 0.15) is 6.10 Å². The third-order valence-corrected chi connectivity index (χ3v) is 8.34. The van der Waals surface area contributed by atoms with Crippen molar-refractivity contribution in [2.45, 2.75) is 67.7 Å². The second kappa shape index (κ2) is 5.40. The van der Waals surface area contributed by atoms with E-state index >= 15 is 0 Å². The minimum Gasteiger partial charge on any atom is -0.493 e. The Bertz CT molecular complexity index is 794. The number of hydrogen-bond donors (Lipinski definition) is 2. The first-order valence-electron chi connectivity index (χ1n) is 10.6. The average molecular weight is 370 g/mol. The number of likely N-dealkylation sites (N-methyl/N-ethyl adjacent to an activating group) is 1. The molecule has 2 saturated carbocycles. The van der Waals surface area contributed by atoms with Gasteiger partial charge >= 0.3 is 0 Å². The van der Waals surface area contributed by atoms with Crippen LogP contribution >= 0.6 is 0 Å². The summed E-state index contributed by atoms with van der Waals surface area (Å²) >= 11 is 0. The van der Waals surface area contributed by atoms with Crippen LogP contribution < -0.4 is 14.8 Å². The standard InChI is InChI=1S/C22H30N2O3/c1-23-15-7-8-22(25)17-11-14-5-6-16(26-2)19-18(14)21(22,20(15)27-19)9-10-24(17)12-13-3-4-13/h5-6,13,15,17,20,23,25H,3-4,7-12H2,1-2H3/t15?,17-,20?,21-,22?/m0/s1. The Morgan fingerprint density at radius 3 is 2.89 bits per heavy atom. The Morgan fingerprint density at radius 2 is 2.15 bits per heavy atom. The van der Waals surface area contributed by atoms with Gasteiger partial charge in [0, 0.05) is 24.2 Å². The van der Waals surface area contributed by atoms with Gasteiger partial charge in [-0.25, -0.2) is 0 Å².